The van der Waals surface area contributed by atoms with Crippen molar-refractivity contribution in [3.8, 4) is 17.1 Å². The molecule has 0 radical (unpaired) electrons. The summed E-state index contributed by atoms with van der Waals surface area (Å²) in [6, 6.07) is 13.2. The maximum Gasteiger partial charge on any atom is 0.260 e. The lowest BCUT2D eigenvalue weighted by Crippen LogP contribution is -2.50. The Morgan fingerprint density at radius 2 is 1.89 bits per heavy atom. The number of piperazine rings is 1. The van der Waals surface area contributed by atoms with E-state index in [2.05, 4.69) is 20.0 Å². The predicted octanol–water partition coefficient (Wildman–Crippen LogP) is 2.17. The number of amides is 1. The minimum Gasteiger partial charge on any atom is -0.484 e. The van der Waals surface area contributed by atoms with Crippen LogP contribution in [0.3, 0.4) is 0 Å². The number of anilines is 1. The lowest BCUT2D eigenvalue weighted by Gasteiger charge is -2.35. The van der Waals surface area contributed by atoms with E-state index in [0.29, 0.717) is 30.6 Å². The van der Waals surface area contributed by atoms with Crippen molar-refractivity contribution in [2.75, 3.05) is 37.7 Å². The molecule has 0 unspecified atom stereocenters. The summed E-state index contributed by atoms with van der Waals surface area (Å²) in [6.07, 6.45) is 1.74. The summed E-state index contributed by atoms with van der Waals surface area (Å²) in [7, 11) is 0. The van der Waals surface area contributed by atoms with Gasteiger partial charge < -0.3 is 19.1 Å². The molecule has 4 rings (SSSR count). The summed E-state index contributed by atoms with van der Waals surface area (Å²) in [5, 5.41) is 3.90. The zero-order valence-corrected chi connectivity index (χ0v) is 15.6. The molecule has 2 aromatic heterocycles. The molecule has 1 amide bonds. The highest BCUT2D eigenvalue weighted by Crippen LogP contribution is 2.19. The highest BCUT2D eigenvalue weighted by Gasteiger charge is 2.22. The zero-order chi connectivity index (χ0) is 19.3. The number of carbonyl (C=O) groups is 1. The first-order valence-electron chi connectivity index (χ1n) is 9.16. The number of hydrogen-bond donors (Lipinski definition) is 0. The van der Waals surface area contributed by atoms with Gasteiger partial charge in [0.05, 0.1) is 0 Å². The van der Waals surface area contributed by atoms with Crippen LogP contribution in [-0.2, 0) is 4.79 Å². The minimum atomic E-state index is -0.000661. The average Bonchev–Trinajstić information content (AvgIpc) is 3.19. The molecule has 0 saturated carbocycles. The Bertz CT molecular complexity index is 919. The summed E-state index contributed by atoms with van der Waals surface area (Å²) in [5.74, 6) is 2.63. The van der Waals surface area contributed by atoms with Crippen LogP contribution in [0, 0.1) is 6.92 Å². The Labute approximate surface area is 162 Å². The normalized spacial score (nSPS) is 14.2. The zero-order valence-electron chi connectivity index (χ0n) is 15.6. The Kier molecular flexibility index (Phi) is 5.18. The molecule has 8 heteroatoms. The molecule has 1 fully saturated rings. The van der Waals surface area contributed by atoms with Crippen molar-refractivity contribution in [2.45, 2.75) is 6.92 Å². The third kappa shape index (κ3) is 4.11. The van der Waals surface area contributed by atoms with E-state index in [9.17, 15) is 4.79 Å². The summed E-state index contributed by atoms with van der Waals surface area (Å²) >= 11 is 0. The van der Waals surface area contributed by atoms with E-state index in [-0.39, 0.29) is 12.5 Å². The van der Waals surface area contributed by atoms with Crippen molar-refractivity contribution in [1.29, 1.82) is 0 Å². The van der Waals surface area contributed by atoms with Crippen molar-refractivity contribution in [3.63, 3.8) is 0 Å². The van der Waals surface area contributed by atoms with Gasteiger partial charge in [0, 0.05) is 44.9 Å². The predicted molar refractivity (Wildman–Crippen MR) is 103 cm³/mol. The van der Waals surface area contributed by atoms with Crippen LogP contribution < -0.4 is 9.64 Å². The van der Waals surface area contributed by atoms with Crippen LogP contribution in [0.1, 0.15) is 5.89 Å². The number of rotatable bonds is 5. The first-order valence-corrected chi connectivity index (χ1v) is 9.16. The van der Waals surface area contributed by atoms with Gasteiger partial charge in [0.25, 0.3) is 5.91 Å². The monoisotopic (exact) mass is 379 g/mol. The molecule has 3 heterocycles. The van der Waals surface area contributed by atoms with E-state index in [1.165, 1.54) is 0 Å². The summed E-state index contributed by atoms with van der Waals surface area (Å²) in [6.45, 7) is 4.55. The standard InChI is InChI=1S/C20H21N5O3/c1-15-22-20(23-28-15)16-7-8-18(21-13-16)24-9-11-25(12-10-24)19(26)14-27-17-5-3-2-4-6-17/h2-8,13H,9-12,14H2,1H3. The van der Waals surface area contributed by atoms with E-state index in [1.807, 2.05) is 47.4 Å². The molecule has 0 N–H and O–H groups in total. The fourth-order valence-electron chi connectivity index (χ4n) is 3.06. The molecule has 0 spiro atoms. The van der Waals surface area contributed by atoms with Gasteiger partial charge in [-0.2, -0.15) is 4.98 Å². The molecule has 1 aliphatic heterocycles. The molecular formula is C20H21N5O3. The van der Waals surface area contributed by atoms with Crippen LogP contribution in [0.5, 0.6) is 5.75 Å². The van der Waals surface area contributed by atoms with Crippen LogP contribution in [0.4, 0.5) is 5.82 Å². The van der Waals surface area contributed by atoms with Crippen LogP contribution in [0.25, 0.3) is 11.4 Å². The van der Waals surface area contributed by atoms with Crippen LogP contribution in [0.15, 0.2) is 53.2 Å². The average molecular weight is 379 g/mol. The minimum absolute atomic E-state index is 0.000661. The number of aryl methyl sites for hydroxylation is 1. The highest BCUT2D eigenvalue weighted by molar-refractivity contribution is 5.78. The second-order valence-corrected chi connectivity index (χ2v) is 6.51. The highest BCUT2D eigenvalue weighted by atomic mass is 16.5. The quantitative estimate of drug-likeness (QED) is 0.672. The number of ether oxygens (including phenoxy) is 1. The largest absolute Gasteiger partial charge is 0.484 e. The van der Waals surface area contributed by atoms with Crippen LogP contribution in [0.2, 0.25) is 0 Å². The molecule has 3 aromatic rings. The third-order valence-electron chi connectivity index (χ3n) is 4.60. The van der Waals surface area contributed by atoms with E-state index in [4.69, 9.17) is 9.26 Å². The van der Waals surface area contributed by atoms with Gasteiger partial charge in [0.2, 0.25) is 11.7 Å². The molecule has 0 bridgehead atoms. The third-order valence-corrected chi connectivity index (χ3v) is 4.60. The Morgan fingerprint density at radius 1 is 1.11 bits per heavy atom. The number of carbonyl (C=O) groups excluding carboxylic acids is 1. The van der Waals surface area contributed by atoms with E-state index >= 15 is 0 Å². The summed E-state index contributed by atoms with van der Waals surface area (Å²) in [5.41, 5.74) is 0.812. The van der Waals surface area contributed by atoms with Gasteiger partial charge in [-0.1, -0.05) is 23.4 Å². The van der Waals surface area contributed by atoms with E-state index < -0.39 is 0 Å². The van der Waals surface area contributed by atoms with Gasteiger partial charge >= 0.3 is 0 Å². The molecule has 28 heavy (non-hydrogen) atoms. The second-order valence-electron chi connectivity index (χ2n) is 6.51. The maximum atomic E-state index is 12.4. The number of hydrogen-bond acceptors (Lipinski definition) is 7. The number of aromatic nitrogens is 3. The van der Waals surface area contributed by atoms with Gasteiger partial charge in [-0.3, -0.25) is 4.79 Å². The van der Waals surface area contributed by atoms with Crippen molar-refractivity contribution >= 4 is 11.7 Å². The summed E-state index contributed by atoms with van der Waals surface area (Å²) < 4.78 is 10.6. The van der Waals surface area contributed by atoms with Crippen LogP contribution in [-0.4, -0.2) is 58.7 Å². The Morgan fingerprint density at radius 3 is 2.54 bits per heavy atom. The number of nitrogens with zero attached hydrogens (tertiary/aromatic N) is 5. The fourth-order valence-corrected chi connectivity index (χ4v) is 3.06. The second kappa shape index (κ2) is 8.08. The fraction of sp³-hybridized carbons (Fsp3) is 0.300. The van der Waals surface area contributed by atoms with Crippen LogP contribution >= 0.6 is 0 Å². The first kappa shape index (κ1) is 18.0. The molecule has 1 aromatic carbocycles. The maximum absolute atomic E-state index is 12.4. The SMILES string of the molecule is Cc1nc(-c2ccc(N3CCN(C(=O)COc4ccccc4)CC3)nc2)no1. The molecular weight excluding hydrogens is 358 g/mol. The van der Waals surface area contributed by atoms with Crippen molar-refractivity contribution < 1.29 is 14.1 Å². The summed E-state index contributed by atoms with van der Waals surface area (Å²) in [4.78, 5) is 25.1. The Balaban J connectivity index is 1.29. The number of para-hydroxylation sites is 1. The molecule has 1 saturated heterocycles. The molecule has 144 valence electrons. The van der Waals surface area contributed by atoms with Gasteiger partial charge in [-0.25, -0.2) is 4.98 Å². The first-order chi connectivity index (χ1) is 13.7. The van der Waals surface area contributed by atoms with Crippen molar-refractivity contribution in [3.05, 3.63) is 54.6 Å². The molecule has 1 aliphatic rings. The van der Waals surface area contributed by atoms with E-state index in [0.717, 1.165) is 24.5 Å². The topological polar surface area (TPSA) is 84.6 Å². The molecule has 0 atom stereocenters. The van der Waals surface area contributed by atoms with Gasteiger partial charge in [-0.15, -0.1) is 0 Å². The van der Waals surface area contributed by atoms with Crippen molar-refractivity contribution in [1.82, 2.24) is 20.0 Å². The number of pyridine rings is 1. The van der Waals surface area contributed by atoms with Gasteiger partial charge in [0.1, 0.15) is 11.6 Å². The molecule has 8 nitrogen and oxygen atoms in total. The van der Waals surface area contributed by atoms with Crippen molar-refractivity contribution in [2.24, 2.45) is 0 Å². The van der Waals surface area contributed by atoms with E-state index in [1.54, 1.807) is 13.1 Å². The lowest BCUT2D eigenvalue weighted by atomic mass is 10.2. The van der Waals surface area contributed by atoms with Gasteiger partial charge in [-0.05, 0) is 24.3 Å². The number of benzene rings is 1. The lowest BCUT2D eigenvalue weighted by molar-refractivity contribution is -0.133. The van der Waals surface area contributed by atoms with Gasteiger partial charge in [0.15, 0.2) is 6.61 Å². The Hall–Kier alpha value is -3.42. The molecule has 0 aliphatic carbocycles. The smallest absolute Gasteiger partial charge is 0.260 e.